The van der Waals surface area contributed by atoms with E-state index in [9.17, 15) is 14.4 Å². The van der Waals surface area contributed by atoms with Gasteiger partial charge in [-0.15, -0.1) is 0 Å². The van der Waals surface area contributed by atoms with Gasteiger partial charge in [-0.2, -0.15) is 0 Å². The molecule has 2 aromatic rings. The zero-order valence-corrected chi connectivity index (χ0v) is 18.3. The van der Waals surface area contributed by atoms with Gasteiger partial charge in [0.2, 0.25) is 0 Å². The molecule has 0 radical (unpaired) electrons. The van der Waals surface area contributed by atoms with Crippen LogP contribution in [0.1, 0.15) is 53.5 Å². The highest BCUT2D eigenvalue weighted by Gasteiger charge is 2.51. The molecule has 1 N–H and O–H groups in total. The van der Waals surface area contributed by atoms with Crippen molar-refractivity contribution in [2.75, 3.05) is 13.2 Å². The molecule has 4 rings (SSSR count). The van der Waals surface area contributed by atoms with E-state index in [1.807, 2.05) is 57.2 Å². The lowest BCUT2D eigenvalue weighted by Gasteiger charge is -2.25. The maximum Gasteiger partial charge on any atom is 0.325 e. The Labute approximate surface area is 182 Å². The predicted octanol–water partition coefficient (Wildman–Crippen LogP) is 3.32. The van der Waals surface area contributed by atoms with Crippen LogP contribution in [0.4, 0.5) is 4.79 Å². The zero-order chi connectivity index (χ0) is 22.2. The minimum Gasteiger partial charge on any atom is -0.376 e. The van der Waals surface area contributed by atoms with Crippen LogP contribution in [0.15, 0.2) is 36.4 Å². The first-order valence-electron chi connectivity index (χ1n) is 10.9. The second-order valence-electron chi connectivity index (χ2n) is 8.40. The number of nitrogens with zero attached hydrogens (tertiary/aromatic N) is 2. The SMILES string of the molecule is CC[C@@]1(c2ccccc2)NC(=O)N(CC(=O)c2cc(C)n(C[C@H]3CCCO3)c2C)C1=O. The highest BCUT2D eigenvalue weighted by molar-refractivity contribution is 6.11. The van der Waals surface area contributed by atoms with Crippen LogP contribution in [-0.2, 0) is 21.6 Å². The topological polar surface area (TPSA) is 80.6 Å². The summed E-state index contributed by atoms with van der Waals surface area (Å²) in [7, 11) is 0. The molecule has 3 amide bonds. The number of Topliss-reactive ketones (excluding diaryl/α,β-unsaturated/α-hetero) is 1. The van der Waals surface area contributed by atoms with Gasteiger partial charge in [-0.25, -0.2) is 4.79 Å². The van der Waals surface area contributed by atoms with Crippen molar-refractivity contribution in [3.05, 3.63) is 58.9 Å². The number of urea groups is 1. The first kappa shape index (κ1) is 21.3. The number of amides is 3. The number of hydrogen-bond acceptors (Lipinski definition) is 4. The minimum atomic E-state index is -1.13. The molecule has 2 aliphatic heterocycles. The monoisotopic (exact) mass is 423 g/mol. The predicted molar refractivity (Wildman–Crippen MR) is 116 cm³/mol. The molecule has 31 heavy (non-hydrogen) atoms. The van der Waals surface area contributed by atoms with E-state index in [1.165, 1.54) is 0 Å². The van der Waals surface area contributed by atoms with Crippen molar-refractivity contribution in [2.24, 2.45) is 0 Å². The Kier molecular flexibility index (Phi) is 5.71. The molecule has 1 aromatic carbocycles. The smallest absolute Gasteiger partial charge is 0.325 e. The summed E-state index contributed by atoms with van der Waals surface area (Å²) >= 11 is 0. The van der Waals surface area contributed by atoms with Gasteiger partial charge >= 0.3 is 6.03 Å². The Morgan fingerprint density at radius 2 is 1.97 bits per heavy atom. The second kappa shape index (κ2) is 8.30. The lowest BCUT2D eigenvalue weighted by atomic mass is 9.87. The molecular formula is C24H29N3O4. The van der Waals surface area contributed by atoms with Crippen molar-refractivity contribution in [1.29, 1.82) is 0 Å². The van der Waals surface area contributed by atoms with Crippen LogP contribution in [0.5, 0.6) is 0 Å². The minimum absolute atomic E-state index is 0.162. The number of aromatic nitrogens is 1. The number of carbonyl (C=O) groups excluding carboxylic acids is 3. The molecule has 164 valence electrons. The van der Waals surface area contributed by atoms with Crippen LogP contribution in [0.25, 0.3) is 0 Å². The Morgan fingerprint density at radius 1 is 1.23 bits per heavy atom. The van der Waals surface area contributed by atoms with E-state index in [4.69, 9.17) is 4.74 Å². The Balaban J connectivity index is 1.55. The molecule has 0 unspecified atom stereocenters. The largest absolute Gasteiger partial charge is 0.376 e. The Hall–Kier alpha value is -2.93. The van der Waals surface area contributed by atoms with E-state index in [-0.39, 0.29) is 24.3 Å². The first-order chi connectivity index (χ1) is 14.9. The Morgan fingerprint density at radius 3 is 2.61 bits per heavy atom. The third-order valence-electron chi connectivity index (χ3n) is 6.56. The van der Waals surface area contributed by atoms with Crippen molar-refractivity contribution in [2.45, 2.75) is 58.2 Å². The molecule has 7 nitrogen and oxygen atoms in total. The normalized spacial score (nSPS) is 23.5. The van der Waals surface area contributed by atoms with Gasteiger partial charge in [0.25, 0.3) is 5.91 Å². The van der Waals surface area contributed by atoms with Crippen LogP contribution in [0, 0.1) is 13.8 Å². The number of rotatable bonds is 7. The number of ether oxygens (including phenoxy) is 1. The number of carbonyl (C=O) groups is 3. The average Bonchev–Trinajstić information content (AvgIpc) is 3.45. The molecule has 0 spiro atoms. The summed E-state index contributed by atoms with van der Waals surface area (Å²) in [4.78, 5) is 40.2. The number of imide groups is 1. The van der Waals surface area contributed by atoms with E-state index >= 15 is 0 Å². The molecule has 0 saturated carbocycles. The van der Waals surface area contributed by atoms with Crippen LogP contribution < -0.4 is 5.32 Å². The molecule has 3 heterocycles. The summed E-state index contributed by atoms with van der Waals surface area (Å²) in [6.07, 6.45) is 2.64. The highest BCUT2D eigenvalue weighted by atomic mass is 16.5. The van der Waals surface area contributed by atoms with Gasteiger partial charge in [-0.05, 0) is 44.7 Å². The number of ketones is 1. The molecule has 2 atom stereocenters. The first-order valence-corrected chi connectivity index (χ1v) is 10.9. The molecular weight excluding hydrogens is 394 g/mol. The molecule has 2 saturated heterocycles. The van der Waals surface area contributed by atoms with Crippen LogP contribution in [-0.4, -0.2) is 46.4 Å². The molecule has 7 heteroatoms. The fraction of sp³-hybridized carbons (Fsp3) is 0.458. The third-order valence-corrected chi connectivity index (χ3v) is 6.56. The molecule has 1 aromatic heterocycles. The zero-order valence-electron chi connectivity index (χ0n) is 18.3. The molecule has 2 aliphatic rings. The van der Waals surface area contributed by atoms with E-state index in [0.717, 1.165) is 41.3 Å². The number of hydrogen-bond donors (Lipinski definition) is 1. The van der Waals surface area contributed by atoms with Gasteiger partial charge in [0.05, 0.1) is 12.6 Å². The number of nitrogens with one attached hydrogen (secondary N) is 1. The average molecular weight is 424 g/mol. The van der Waals surface area contributed by atoms with Crippen molar-refractivity contribution in [3.8, 4) is 0 Å². The highest BCUT2D eigenvalue weighted by Crippen LogP contribution is 2.32. The molecule has 0 bridgehead atoms. The van der Waals surface area contributed by atoms with Crippen molar-refractivity contribution < 1.29 is 19.1 Å². The summed E-state index contributed by atoms with van der Waals surface area (Å²) in [5, 5.41) is 2.83. The fourth-order valence-corrected chi connectivity index (χ4v) is 4.72. The van der Waals surface area contributed by atoms with E-state index in [2.05, 4.69) is 9.88 Å². The number of aryl methyl sites for hydroxylation is 1. The van der Waals surface area contributed by atoms with Gasteiger partial charge in [-0.1, -0.05) is 37.3 Å². The van der Waals surface area contributed by atoms with E-state index in [0.29, 0.717) is 18.5 Å². The van der Waals surface area contributed by atoms with Gasteiger partial charge in [0.15, 0.2) is 5.78 Å². The van der Waals surface area contributed by atoms with Gasteiger partial charge in [0.1, 0.15) is 5.54 Å². The van der Waals surface area contributed by atoms with Crippen LogP contribution in [0.3, 0.4) is 0 Å². The standard InChI is InChI=1S/C24H29N3O4/c1-4-24(18-9-6-5-7-10-18)22(29)27(23(30)25-24)15-21(28)20-13-16(2)26(17(20)3)14-19-11-8-12-31-19/h5-7,9-10,13,19H,4,8,11-12,14-15H2,1-3H3,(H,25,30)/t19-,24+/m1/s1. The lowest BCUT2D eigenvalue weighted by molar-refractivity contribution is -0.131. The summed E-state index contributed by atoms with van der Waals surface area (Å²) < 4.78 is 7.83. The summed E-state index contributed by atoms with van der Waals surface area (Å²) in [6.45, 7) is 6.94. The van der Waals surface area contributed by atoms with Crippen molar-refractivity contribution in [3.63, 3.8) is 0 Å². The van der Waals surface area contributed by atoms with Crippen molar-refractivity contribution in [1.82, 2.24) is 14.8 Å². The summed E-state index contributed by atoms with van der Waals surface area (Å²) in [5.74, 6) is -0.622. The van der Waals surface area contributed by atoms with Crippen LogP contribution in [0.2, 0.25) is 0 Å². The summed E-state index contributed by atoms with van der Waals surface area (Å²) in [6, 6.07) is 10.5. The molecule has 2 fully saturated rings. The number of benzene rings is 1. The van der Waals surface area contributed by atoms with Crippen molar-refractivity contribution >= 4 is 17.7 Å². The Bertz CT molecular complexity index is 1010. The fourth-order valence-electron chi connectivity index (χ4n) is 4.72. The summed E-state index contributed by atoms with van der Waals surface area (Å²) in [5.41, 5.74) is 1.95. The van der Waals surface area contributed by atoms with E-state index in [1.54, 1.807) is 0 Å². The van der Waals surface area contributed by atoms with Gasteiger partial charge in [0, 0.05) is 30.1 Å². The molecule has 0 aliphatic carbocycles. The maximum atomic E-state index is 13.3. The quantitative estimate of drug-likeness (QED) is 0.547. The second-order valence-corrected chi connectivity index (χ2v) is 8.40. The van der Waals surface area contributed by atoms with E-state index < -0.39 is 11.6 Å². The third kappa shape index (κ3) is 3.67. The lowest BCUT2D eigenvalue weighted by Crippen LogP contribution is -2.43. The van der Waals surface area contributed by atoms with Gasteiger partial charge < -0.3 is 14.6 Å². The van der Waals surface area contributed by atoms with Crippen LogP contribution >= 0.6 is 0 Å². The maximum absolute atomic E-state index is 13.3. The van der Waals surface area contributed by atoms with Gasteiger partial charge in [-0.3, -0.25) is 14.5 Å².